The van der Waals surface area contributed by atoms with Gasteiger partial charge in [0.2, 0.25) is 10.0 Å². The Hall–Kier alpha value is -0.0900. The smallest absolute Gasteiger partial charge is 0.213 e. The van der Waals surface area contributed by atoms with Crippen molar-refractivity contribution in [2.24, 2.45) is 0 Å². The fraction of sp³-hybridized carbons (Fsp3) is 1.00. The van der Waals surface area contributed by atoms with Crippen LogP contribution in [0.4, 0.5) is 0 Å². The van der Waals surface area contributed by atoms with Crippen LogP contribution in [0, 0.1) is 0 Å². The zero-order valence-electron chi connectivity index (χ0n) is 8.84. The quantitative estimate of drug-likeness (QED) is 0.648. The molecule has 0 heterocycles. The maximum atomic E-state index is 11.3. The first-order valence-electron chi connectivity index (χ1n) is 4.97. The molecule has 4 heteroatoms. The minimum absolute atomic E-state index is 0.255. The Bertz CT molecular complexity index is 212. The highest BCUT2D eigenvalue weighted by atomic mass is 32.2. The van der Waals surface area contributed by atoms with Gasteiger partial charge >= 0.3 is 0 Å². The number of sulfonamides is 1. The van der Waals surface area contributed by atoms with Crippen LogP contribution in [0.25, 0.3) is 0 Å². The van der Waals surface area contributed by atoms with E-state index in [1.807, 2.05) is 0 Å². The third-order valence-corrected chi connectivity index (χ3v) is 4.14. The van der Waals surface area contributed by atoms with E-state index in [0.717, 1.165) is 19.3 Å². The van der Waals surface area contributed by atoms with E-state index in [-0.39, 0.29) is 5.25 Å². The number of rotatable bonds is 7. The summed E-state index contributed by atoms with van der Waals surface area (Å²) in [5.41, 5.74) is 0. The number of unbranched alkanes of at least 4 members (excludes halogenated alkanes) is 3. The lowest BCUT2D eigenvalue weighted by Gasteiger charge is -2.10. The van der Waals surface area contributed by atoms with E-state index in [1.165, 1.54) is 19.9 Å². The first-order chi connectivity index (χ1) is 6.04. The molecule has 1 atom stereocenters. The summed E-state index contributed by atoms with van der Waals surface area (Å²) in [4.78, 5) is 0. The van der Waals surface area contributed by atoms with E-state index in [2.05, 4.69) is 11.6 Å². The standard InChI is InChI=1S/C9H21NO2S/c1-4-5-6-7-8-9(2)13(11,12)10-3/h9-10H,4-8H2,1-3H3. The van der Waals surface area contributed by atoms with Crippen molar-refractivity contribution in [1.29, 1.82) is 0 Å². The molecule has 1 N–H and O–H groups in total. The minimum Gasteiger partial charge on any atom is -0.218 e. The van der Waals surface area contributed by atoms with Crippen molar-refractivity contribution in [3.8, 4) is 0 Å². The Morgan fingerprint density at radius 2 is 1.85 bits per heavy atom. The second kappa shape index (κ2) is 6.38. The molecule has 0 radical (unpaired) electrons. The Kier molecular flexibility index (Phi) is 6.33. The zero-order chi connectivity index (χ0) is 10.3. The highest BCUT2D eigenvalue weighted by molar-refractivity contribution is 7.90. The Morgan fingerprint density at radius 3 is 2.31 bits per heavy atom. The molecule has 0 fully saturated rings. The van der Waals surface area contributed by atoms with Crippen molar-refractivity contribution in [1.82, 2.24) is 4.72 Å². The SMILES string of the molecule is CCCCCCC(C)S(=O)(=O)NC. The first kappa shape index (κ1) is 12.9. The fourth-order valence-corrected chi connectivity index (χ4v) is 2.09. The Morgan fingerprint density at radius 1 is 1.23 bits per heavy atom. The molecular weight excluding hydrogens is 186 g/mol. The second-order valence-electron chi connectivity index (χ2n) is 3.41. The third-order valence-electron chi connectivity index (χ3n) is 2.28. The lowest BCUT2D eigenvalue weighted by atomic mass is 10.1. The van der Waals surface area contributed by atoms with Crippen molar-refractivity contribution in [3.63, 3.8) is 0 Å². The van der Waals surface area contributed by atoms with Crippen LogP contribution >= 0.6 is 0 Å². The largest absolute Gasteiger partial charge is 0.218 e. The van der Waals surface area contributed by atoms with Crippen LogP contribution in [-0.4, -0.2) is 20.7 Å². The summed E-state index contributed by atoms with van der Waals surface area (Å²) in [5, 5.41) is -0.255. The highest BCUT2D eigenvalue weighted by Gasteiger charge is 2.17. The second-order valence-corrected chi connectivity index (χ2v) is 5.71. The van der Waals surface area contributed by atoms with Crippen LogP contribution in [0.2, 0.25) is 0 Å². The van der Waals surface area contributed by atoms with Crippen molar-refractivity contribution < 1.29 is 8.42 Å². The van der Waals surface area contributed by atoms with Gasteiger partial charge in [-0.1, -0.05) is 32.6 Å². The molecule has 0 aliphatic carbocycles. The number of hydrogen-bond donors (Lipinski definition) is 1. The predicted molar refractivity (Wildman–Crippen MR) is 56.2 cm³/mol. The molecule has 0 aliphatic rings. The van der Waals surface area contributed by atoms with Crippen LogP contribution in [0.15, 0.2) is 0 Å². The first-order valence-corrected chi connectivity index (χ1v) is 6.51. The van der Waals surface area contributed by atoms with Gasteiger partial charge in [0.05, 0.1) is 5.25 Å². The molecule has 0 aliphatic heterocycles. The molecule has 3 nitrogen and oxygen atoms in total. The third kappa shape index (κ3) is 5.26. The summed E-state index contributed by atoms with van der Waals surface area (Å²) < 4.78 is 24.9. The average Bonchev–Trinajstić information content (AvgIpc) is 2.12. The van der Waals surface area contributed by atoms with Gasteiger partial charge in [-0.2, -0.15) is 0 Å². The molecule has 80 valence electrons. The van der Waals surface area contributed by atoms with Gasteiger partial charge in [-0.05, 0) is 20.4 Å². The lowest BCUT2D eigenvalue weighted by Crippen LogP contribution is -2.29. The molecule has 0 rings (SSSR count). The fourth-order valence-electron chi connectivity index (χ4n) is 1.21. The molecule has 0 saturated heterocycles. The highest BCUT2D eigenvalue weighted by Crippen LogP contribution is 2.10. The van der Waals surface area contributed by atoms with Gasteiger partial charge < -0.3 is 0 Å². The van der Waals surface area contributed by atoms with Crippen molar-refractivity contribution >= 4 is 10.0 Å². The molecule has 0 bridgehead atoms. The topological polar surface area (TPSA) is 46.2 Å². The summed E-state index contributed by atoms with van der Waals surface area (Å²) in [6, 6.07) is 0. The molecule has 0 spiro atoms. The molecular formula is C9H21NO2S. The average molecular weight is 207 g/mol. The van der Waals surface area contributed by atoms with Crippen LogP contribution in [0.1, 0.15) is 46.0 Å². The van der Waals surface area contributed by atoms with Gasteiger partial charge in [0.1, 0.15) is 0 Å². The van der Waals surface area contributed by atoms with Crippen LogP contribution in [0.3, 0.4) is 0 Å². The molecule has 0 aromatic rings. The summed E-state index contributed by atoms with van der Waals surface area (Å²) in [5.74, 6) is 0. The van der Waals surface area contributed by atoms with E-state index in [1.54, 1.807) is 6.92 Å². The van der Waals surface area contributed by atoms with Gasteiger partial charge in [0.25, 0.3) is 0 Å². The molecule has 0 saturated carbocycles. The van der Waals surface area contributed by atoms with Gasteiger partial charge in [0.15, 0.2) is 0 Å². The minimum atomic E-state index is -3.04. The molecule has 0 aromatic heterocycles. The molecule has 13 heavy (non-hydrogen) atoms. The molecule has 0 amide bonds. The normalized spacial score (nSPS) is 14.4. The lowest BCUT2D eigenvalue weighted by molar-refractivity contribution is 0.556. The number of hydrogen-bond acceptors (Lipinski definition) is 2. The van der Waals surface area contributed by atoms with Gasteiger partial charge in [0, 0.05) is 0 Å². The monoisotopic (exact) mass is 207 g/mol. The van der Waals surface area contributed by atoms with E-state index in [9.17, 15) is 8.42 Å². The summed E-state index contributed by atoms with van der Waals surface area (Å²) in [7, 11) is -1.57. The van der Waals surface area contributed by atoms with Crippen molar-refractivity contribution in [3.05, 3.63) is 0 Å². The van der Waals surface area contributed by atoms with E-state index in [0.29, 0.717) is 0 Å². The number of nitrogens with one attached hydrogen (secondary N) is 1. The summed E-state index contributed by atoms with van der Waals surface area (Å²) >= 11 is 0. The van der Waals surface area contributed by atoms with E-state index in [4.69, 9.17) is 0 Å². The van der Waals surface area contributed by atoms with Gasteiger partial charge in [-0.15, -0.1) is 0 Å². The maximum absolute atomic E-state index is 11.3. The summed E-state index contributed by atoms with van der Waals surface area (Å²) in [6.07, 6.45) is 5.30. The van der Waals surface area contributed by atoms with Crippen molar-refractivity contribution in [2.75, 3.05) is 7.05 Å². The Labute approximate surface area is 82.0 Å². The summed E-state index contributed by atoms with van der Waals surface area (Å²) in [6.45, 7) is 3.91. The van der Waals surface area contributed by atoms with Crippen molar-refractivity contribution in [2.45, 2.75) is 51.2 Å². The zero-order valence-corrected chi connectivity index (χ0v) is 9.65. The van der Waals surface area contributed by atoms with Gasteiger partial charge in [-0.3, -0.25) is 0 Å². The Balaban J connectivity index is 3.69. The van der Waals surface area contributed by atoms with Crippen LogP contribution in [0.5, 0.6) is 0 Å². The molecule has 0 aromatic carbocycles. The predicted octanol–water partition coefficient (Wildman–Crippen LogP) is 1.89. The van der Waals surface area contributed by atoms with Gasteiger partial charge in [-0.25, -0.2) is 13.1 Å². The van der Waals surface area contributed by atoms with E-state index < -0.39 is 10.0 Å². The van der Waals surface area contributed by atoms with Crippen LogP contribution < -0.4 is 4.72 Å². The van der Waals surface area contributed by atoms with E-state index >= 15 is 0 Å². The maximum Gasteiger partial charge on any atom is 0.213 e. The van der Waals surface area contributed by atoms with Crippen LogP contribution in [-0.2, 0) is 10.0 Å². The molecule has 1 unspecified atom stereocenters.